The monoisotopic (exact) mass is 515 g/mol. The lowest BCUT2D eigenvalue weighted by Gasteiger charge is -2.36. The van der Waals surface area contributed by atoms with E-state index in [4.69, 9.17) is 4.74 Å². The summed E-state index contributed by atoms with van der Waals surface area (Å²) in [7, 11) is 3.07. The highest BCUT2D eigenvalue weighted by Gasteiger charge is 2.32. The molecule has 0 spiro atoms. The second-order valence-corrected chi connectivity index (χ2v) is 8.31. The molecular weight excluding hydrogens is 491 g/mol. The molecule has 1 aromatic carbocycles. The highest BCUT2D eigenvalue weighted by Crippen LogP contribution is 2.29. The predicted molar refractivity (Wildman–Crippen MR) is 127 cm³/mol. The summed E-state index contributed by atoms with van der Waals surface area (Å²) in [5, 5.41) is 16.2. The first-order chi connectivity index (χ1) is 17.7. The Morgan fingerprint density at radius 1 is 1.22 bits per heavy atom. The van der Waals surface area contributed by atoms with Crippen LogP contribution in [-0.2, 0) is 13.6 Å². The van der Waals surface area contributed by atoms with Gasteiger partial charge in [0.2, 0.25) is 5.88 Å². The molecule has 37 heavy (non-hydrogen) atoms. The summed E-state index contributed by atoms with van der Waals surface area (Å²) < 4.78 is 49.1. The van der Waals surface area contributed by atoms with Crippen molar-refractivity contribution in [3.63, 3.8) is 0 Å². The number of halogens is 3. The van der Waals surface area contributed by atoms with Gasteiger partial charge in [-0.2, -0.15) is 5.26 Å². The first kappa shape index (κ1) is 25.8. The van der Waals surface area contributed by atoms with Crippen molar-refractivity contribution in [1.82, 2.24) is 19.7 Å². The molecular formula is C24H24F3N7O3. The largest absolute Gasteiger partial charge is 0.573 e. The van der Waals surface area contributed by atoms with Crippen LogP contribution in [0.2, 0.25) is 0 Å². The van der Waals surface area contributed by atoms with Crippen LogP contribution in [0.4, 0.5) is 24.7 Å². The standard InChI is InChI=1S/C24H24F3N7O3/c1-32-15-18(23(31-32)36-2)22(35)30-19-11-16(12-28)13-29-21(19)34-9-7-33(8-10-34)14-17-5-3-4-6-20(17)37-24(25,26)27/h3-6,11,13,15H,7-10,14H2,1-2H3,(H,30,35). The fourth-order valence-corrected chi connectivity index (χ4v) is 4.04. The normalized spacial score (nSPS) is 14.2. The number of anilines is 2. The minimum atomic E-state index is -4.77. The van der Waals surface area contributed by atoms with Crippen molar-refractivity contribution >= 4 is 17.4 Å². The first-order valence-electron chi connectivity index (χ1n) is 11.3. The second-order valence-electron chi connectivity index (χ2n) is 8.31. The van der Waals surface area contributed by atoms with Gasteiger partial charge in [-0.15, -0.1) is 18.3 Å². The summed E-state index contributed by atoms with van der Waals surface area (Å²) in [6.45, 7) is 2.35. The van der Waals surface area contributed by atoms with E-state index in [1.165, 1.54) is 36.3 Å². The van der Waals surface area contributed by atoms with Crippen molar-refractivity contribution in [1.29, 1.82) is 5.26 Å². The maximum atomic E-state index is 13.0. The number of nitrogens with one attached hydrogen (secondary N) is 1. The van der Waals surface area contributed by atoms with Crippen LogP contribution >= 0.6 is 0 Å². The smallest absolute Gasteiger partial charge is 0.479 e. The molecule has 1 amide bonds. The lowest BCUT2D eigenvalue weighted by Crippen LogP contribution is -2.46. The molecule has 2 aromatic heterocycles. The number of methoxy groups -OCH3 is 1. The number of pyridine rings is 1. The SMILES string of the molecule is COc1nn(C)cc1C(=O)Nc1cc(C#N)cnc1N1CCN(Cc2ccccc2OC(F)(F)F)CC1. The Balaban J connectivity index is 1.47. The maximum absolute atomic E-state index is 13.0. The van der Waals surface area contributed by atoms with Gasteiger partial charge in [0.1, 0.15) is 17.4 Å². The Kier molecular flexibility index (Phi) is 7.49. The van der Waals surface area contributed by atoms with Crippen LogP contribution in [0.1, 0.15) is 21.5 Å². The molecule has 4 rings (SSSR count). The molecule has 0 bridgehead atoms. The summed E-state index contributed by atoms with van der Waals surface area (Å²) in [6, 6.07) is 9.63. The van der Waals surface area contributed by atoms with E-state index in [9.17, 15) is 23.2 Å². The lowest BCUT2D eigenvalue weighted by atomic mass is 10.1. The van der Waals surface area contributed by atoms with Crippen molar-refractivity contribution in [2.45, 2.75) is 12.9 Å². The molecule has 194 valence electrons. The van der Waals surface area contributed by atoms with Gasteiger partial charge in [0.25, 0.3) is 5.91 Å². The molecule has 1 aliphatic rings. The number of nitriles is 1. The van der Waals surface area contributed by atoms with Crippen LogP contribution < -0.4 is 19.7 Å². The number of ether oxygens (including phenoxy) is 2. The lowest BCUT2D eigenvalue weighted by molar-refractivity contribution is -0.275. The fourth-order valence-electron chi connectivity index (χ4n) is 4.04. The number of para-hydroxylation sites is 1. The molecule has 1 saturated heterocycles. The Bertz CT molecular complexity index is 1310. The van der Waals surface area contributed by atoms with E-state index in [2.05, 4.69) is 20.1 Å². The van der Waals surface area contributed by atoms with Gasteiger partial charge in [-0.05, 0) is 12.1 Å². The molecule has 0 aliphatic carbocycles. The van der Waals surface area contributed by atoms with E-state index in [1.54, 1.807) is 25.2 Å². The van der Waals surface area contributed by atoms with E-state index in [0.29, 0.717) is 43.2 Å². The third-order valence-corrected chi connectivity index (χ3v) is 5.74. The number of hydrogen-bond donors (Lipinski definition) is 1. The van der Waals surface area contributed by atoms with E-state index >= 15 is 0 Å². The van der Waals surface area contributed by atoms with Crippen molar-refractivity contribution in [2.24, 2.45) is 7.05 Å². The van der Waals surface area contributed by atoms with Crippen LogP contribution in [0.3, 0.4) is 0 Å². The molecule has 1 fully saturated rings. The average molecular weight is 515 g/mol. The van der Waals surface area contributed by atoms with Gasteiger partial charge in [-0.25, -0.2) is 4.98 Å². The average Bonchev–Trinajstić information content (AvgIpc) is 3.26. The fraction of sp³-hybridized carbons (Fsp3) is 0.333. The number of carbonyl (C=O) groups excluding carboxylic acids is 1. The van der Waals surface area contributed by atoms with Gasteiger partial charge in [-0.1, -0.05) is 18.2 Å². The molecule has 0 atom stereocenters. The molecule has 1 aliphatic heterocycles. The molecule has 13 heteroatoms. The summed E-state index contributed by atoms with van der Waals surface area (Å²) in [6.07, 6.45) is -1.82. The maximum Gasteiger partial charge on any atom is 0.573 e. The Morgan fingerprint density at radius 2 is 1.95 bits per heavy atom. The predicted octanol–water partition coefficient (Wildman–Crippen LogP) is 3.17. The van der Waals surface area contributed by atoms with Gasteiger partial charge in [-0.3, -0.25) is 14.4 Å². The van der Waals surface area contributed by atoms with Gasteiger partial charge < -0.3 is 19.7 Å². The highest BCUT2D eigenvalue weighted by molar-refractivity contribution is 6.07. The number of hydrogen-bond acceptors (Lipinski definition) is 8. The Morgan fingerprint density at radius 3 is 2.62 bits per heavy atom. The topological polar surface area (TPSA) is 109 Å². The number of aromatic nitrogens is 3. The molecule has 3 aromatic rings. The second kappa shape index (κ2) is 10.8. The number of piperazine rings is 1. The summed E-state index contributed by atoms with van der Waals surface area (Å²) in [5.74, 6) is -0.0463. The number of carbonyl (C=O) groups is 1. The van der Waals surface area contributed by atoms with Crippen LogP contribution in [0.15, 0.2) is 42.7 Å². The van der Waals surface area contributed by atoms with Gasteiger partial charge in [0.15, 0.2) is 5.82 Å². The molecule has 3 heterocycles. The Labute approximate surface area is 210 Å². The zero-order chi connectivity index (χ0) is 26.6. The molecule has 0 unspecified atom stereocenters. The van der Waals surface area contributed by atoms with Crippen molar-refractivity contribution in [3.05, 3.63) is 59.4 Å². The minimum absolute atomic E-state index is 0.161. The molecule has 0 saturated carbocycles. The van der Waals surface area contributed by atoms with Crippen LogP contribution in [0, 0.1) is 11.3 Å². The van der Waals surface area contributed by atoms with E-state index in [0.717, 1.165) is 0 Å². The number of alkyl halides is 3. The molecule has 10 nitrogen and oxygen atoms in total. The third kappa shape index (κ3) is 6.28. The van der Waals surface area contributed by atoms with Crippen LogP contribution in [0.25, 0.3) is 0 Å². The number of benzene rings is 1. The van der Waals surface area contributed by atoms with Crippen molar-refractivity contribution in [2.75, 3.05) is 43.5 Å². The summed E-state index contributed by atoms with van der Waals surface area (Å²) in [5.41, 5.74) is 1.29. The van der Waals surface area contributed by atoms with Gasteiger partial charge in [0.05, 0.1) is 18.4 Å². The molecule has 1 N–H and O–H groups in total. The number of aryl methyl sites for hydroxylation is 1. The highest BCUT2D eigenvalue weighted by atomic mass is 19.4. The zero-order valence-electron chi connectivity index (χ0n) is 20.1. The number of nitrogens with zero attached hydrogens (tertiary/aromatic N) is 6. The first-order valence-corrected chi connectivity index (χ1v) is 11.3. The van der Waals surface area contributed by atoms with E-state index < -0.39 is 12.3 Å². The summed E-state index contributed by atoms with van der Waals surface area (Å²) >= 11 is 0. The van der Waals surface area contributed by atoms with Gasteiger partial charge in [0, 0.05) is 57.7 Å². The zero-order valence-corrected chi connectivity index (χ0v) is 20.1. The van der Waals surface area contributed by atoms with Crippen LogP contribution in [0.5, 0.6) is 11.6 Å². The number of amides is 1. The molecule has 0 radical (unpaired) electrons. The van der Waals surface area contributed by atoms with E-state index in [1.807, 2.05) is 15.9 Å². The van der Waals surface area contributed by atoms with Gasteiger partial charge >= 0.3 is 6.36 Å². The van der Waals surface area contributed by atoms with Crippen LogP contribution in [-0.4, -0.2) is 65.2 Å². The van der Waals surface area contributed by atoms with Crippen molar-refractivity contribution < 1.29 is 27.4 Å². The van der Waals surface area contributed by atoms with E-state index in [-0.39, 0.29) is 29.3 Å². The third-order valence-electron chi connectivity index (χ3n) is 5.74. The minimum Gasteiger partial charge on any atom is -0.479 e. The number of rotatable bonds is 7. The summed E-state index contributed by atoms with van der Waals surface area (Å²) in [4.78, 5) is 21.3. The Hall–Kier alpha value is -4.31. The quantitative estimate of drug-likeness (QED) is 0.511. The van der Waals surface area contributed by atoms with Crippen molar-refractivity contribution in [3.8, 4) is 17.7 Å².